The first-order valence-electron chi connectivity index (χ1n) is 7.99. The molecule has 0 atom stereocenters. The Bertz CT molecular complexity index is 802. The highest BCUT2D eigenvalue weighted by Crippen LogP contribution is 2.24. The van der Waals surface area contributed by atoms with Gasteiger partial charge in [0.2, 0.25) is 5.78 Å². The molecule has 0 aromatic carbocycles. The van der Waals surface area contributed by atoms with E-state index in [4.69, 9.17) is 4.74 Å². The molecule has 0 unspecified atom stereocenters. The number of hydrogen-bond acceptors (Lipinski definition) is 6. The number of hydrogen-bond donors (Lipinski definition) is 0. The van der Waals surface area contributed by atoms with E-state index in [0.29, 0.717) is 23.7 Å². The average molecular weight is 342 g/mol. The van der Waals surface area contributed by atoms with Crippen molar-refractivity contribution >= 4 is 11.6 Å². The Hall–Kier alpha value is -2.83. The summed E-state index contributed by atoms with van der Waals surface area (Å²) in [6, 6.07) is 3.30. The van der Waals surface area contributed by atoms with Gasteiger partial charge in [-0.05, 0) is 26.0 Å². The number of pyridine rings is 1. The van der Waals surface area contributed by atoms with Crippen molar-refractivity contribution in [1.82, 2.24) is 19.7 Å². The van der Waals surface area contributed by atoms with Gasteiger partial charge in [-0.25, -0.2) is 14.6 Å². The van der Waals surface area contributed by atoms with E-state index >= 15 is 0 Å². The van der Waals surface area contributed by atoms with Crippen molar-refractivity contribution in [2.45, 2.75) is 34.6 Å². The van der Waals surface area contributed by atoms with Crippen LogP contribution in [0.5, 0.6) is 0 Å². The predicted octanol–water partition coefficient (Wildman–Crippen LogP) is 2.69. The minimum atomic E-state index is -0.694. The molecule has 0 N–H and O–H groups in total. The van der Waals surface area contributed by atoms with Crippen molar-refractivity contribution in [1.29, 1.82) is 0 Å². The van der Waals surface area contributed by atoms with Crippen molar-refractivity contribution in [2.75, 3.05) is 6.61 Å². The molecule has 0 fully saturated rings. The molecule has 0 saturated carbocycles. The monoisotopic (exact) mass is 342 g/mol. The maximum atomic E-state index is 12.9. The van der Waals surface area contributed by atoms with Gasteiger partial charge in [0.25, 0.3) is 0 Å². The molecule has 0 aliphatic carbocycles. The van der Waals surface area contributed by atoms with Gasteiger partial charge >= 0.3 is 0 Å². The van der Waals surface area contributed by atoms with Gasteiger partial charge in [0.05, 0.1) is 18.6 Å². The number of rotatable bonds is 6. The number of aryl methyl sites for hydroxylation is 1. The molecular weight excluding hydrogens is 320 g/mol. The summed E-state index contributed by atoms with van der Waals surface area (Å²) in [4.78, 5) is 33.8. The number of carbonyl (C=O) groups is 2. The van der Waals surface area contributed by atoms with Crippen LogP contribution >= 0.6 is 0 Å². The Balaban J connectivity index is 2.41. The van der Waals surface area contributed by atoms with Crippen molar-refractivity contribution in [2.24, 2.45) is 5.41 Å². The van der Waals surface area contributed by atoms with Gasteiger partial charge in [-0.2, -0.15) is 5.10 Å². The van der Waals surface area contributed by atoms with Gasteiger partial charge in [-0.1, -0.05) is 20.8 Å². The first-order valence-corrected chi connectivity index (χ1v) is 7.99. The van der Waals surface area contributed by atoms with E-state index in [1.54, 1.807) is 46.8 Å². The second kappa shape index (κ2) is 7.38. The SMILES string of the molecule is CCO/C=C(\C(=O)c1ccc(-n2cncn2)nc1C)C(=O)C(C)(C)C. The Morgan fingerprint density at radius 2 is 2.00 bits per heavy atom. The summed E-state index contributed by atoms with van der Waals surface area (Å²) < 4.78 is 6.73. The molecule has 0 radical (unpaired) electrons. The lowest BCUT2D eigenvalue weighted by atomic mass is 9.84. The lowest BCUT2D eigenvalue weighted by molar-refractivity contribution is -0.122. The number of aromatic nitrogens is 4. The third-order valence-corrected chi connectivity index (χ3v) is 3.51. The smallest absolute Gasteiger partial charge is 0.201 e. The van der Waals surface area contributed by atoms with Crippen molar-refractivity contribution in [3.05, 3.63) is 47.9 Å². The molecule has 0 saturated heterocycles. The zero-order chi connectivity index (χ0) is 18.6. The Labute approximate surface area is 146 Å². The van der Waals surface area contributed by atoms with E-state index in [1.807, 2.05) is 0 Å². The molecule has 2 aromatic rings. The zero-order valence-electron chi connectivity index (χ0n) is 15.1. The summed E-state index contributed by atoms with van der Waals surface area (Å²) in [6.45, 7) is 9.17. The maximum Gasteiger partial charge on any atom is 0.201 e. The number of allylic oxidation sites excluding steroid dienone is 1. The normalized spacial score (nSPS) is 12.1. The minimum Gasteiger partial charge on any atom is -0.501 e. The molecule has 0 aliphatic heterocycles. The molecule has 25 heavy (non-hydrogen) atoms. The molecule has 0 aliphatic rings. The average Bonchev–Trinajstić information content (AvgIpc) is 3.08. The number of ether oxygens (including phenoxy) is 1. The van der Waals surface area contributed by atoms with Crippen LogP contribution in [0.2, 0.25) is 0 Å². The lowest BCUT2D eigenvalue weighted by Crippen LogP contribution is -2.27. The highest BCUT2D eigenvalue weighted by molar-refractivity contribution is 6.27. The lowest BCUT2D eigenvalue weighted by Gasteiger charge is -2.18. The van der Waals surface area contributed by atoms with Gasteiger partial charge in [-0.3, -0.25) is 9.59 Å². The van der Waals surface area contributed by atoms with E-state index in [2.05, 4.69) is 15.1 Å². The standard InChI is InChI=1S/C18H22N4O3/c1-6-25-9-14(17(24)18(3,4)5)16(23)13-7-8-15(21-12(13)2)22-11-19-10-20-22/h7-11H,6H2,1-5H3/b14-9+. The number of Topliss-reactive ketones (excluding diaryl/α,β-unsaturated/α-hetero) is 2. The summed E-state index contributed by atoms with van der Waals surface area (Å²) in [5, 5.41) is 4.01. The first kappa shape index (κ1) is 18.5. The largest absolute Gasteiger partial charge is 0.501 e. The highest BCUT2D eigenvalue weighted by atomic mass is 16.5. The highest BCUT2D eigenvalue weighted by Gasteiger charge is 2.31. The fraction of sp³-hybridized carbons (Fsp3) is 0.389. The van der Waals surface area contributed by atoms with Crippen LogP contribution in [0.1, 0.15) is 43.7 Å². The van der Waals surface area contributed by atoms with Gasteiger partial charge in [-0.15, -0.1) is 0 Å². The zero-order valence-corrected chi connectivity index (χ0v) is 15.1. The summed E-state index contributed by atoms with van der Waals surface area (Å²) >= 11 is 0. The summed E-state index contributed by atoms with van der Waals surface area (Å²) in [6.07, 6.45) is 4.18. The van der Waals surface area contributed by atoms with Gasteiger partial charge in [0, 0.05) is 11.0 Å². The molecule has 0 bridgehead atoms. The van der Waals surface area contributed by atoms with Crippen molar-refractivity contribution < 1.29 is 14.3 Å². The molecule has 0 amide bonds. The van der Waals surface area contributed by atoms with Gasteiger partial charge in [0.15, 0.2) is 11.6 Å². The first-order chi connectivity index (χ1) is 11.8. The quantitative estimate of drug-likeness (QED) is 0.264. The van der Waals surface area contributed by atoms with E-state index < -0.39 is 11.2 Å². The van der Waals surface area contributed by atoms with E-state index in [9.17, 15) is 9.59 Å². The van der Waals surface area contributed by atoms with Crippen LogP contribution in [0.25, 0.3) is 5.82 Å². The molecule has 132 valence electrons. The molecule has 2 aromatic heterocycles. The van der Waals surface area contributed by atoms with E-state index in [0.717, 1.165) is 0 Å². The fourth-order valence-electron chi connectivity index (χ4n) is 2.17. The van der Waals surface area contributed by atoms with Crippen molar-refractivity contribution in [3.8, 4) is 5.82 Å². The van der Waals surface area contributed by atoms with Crippen LogP contribution in [0.15, 0.2) is 36.6 Å². The second-order valence-corrected chi connectivity index (χ2v) is 6.54. The summed E-state index contributed by atoms with van der Waals surface area (Å²) in [5.74, 6) is -0.127. The Morgan fingerprint density at radius 3 is 2.52 bits per heavy atom. The summed E-state index contributed by atoms with van der Waals surface area (Å²) in [7, 11) is 0. The second-order valence-electron chi connectivity index (χ2n) is 6.54. The van der Waals surface area contributed by atoms with Crippen LogP contribution in [-0.4, -0.2) is 37.9 Å². The molecule has 0 spiro atoms. The van der Waals surface area contributed by atoms with Crippen LogP contribution in [0.3, 0.4) is 0 Å². The molecule has 2 rings (SSSR count). The minimum absolute atomic E-state index is 0.0211. The maximum absolute atomic E-state index is 12.9. The van der Waals surface area contributed by atoms with Crippen molar-refractivity contribution in [3.63, 3.8) is 0 Å². The summed E-state index contributed by atoms with van der Waals surface area (Å²) in [5.41, 5.74) is 0.183. The van der Waals surface area contributed by atoms with Crippen LogP contribution in [-0.2, 0) is 9.53 Å². The molecule has 7 heteroatoms. The van der Waals surface area contributed by atoms with E-state index in [-0.39, 0.29) is 11.4 Å². The predicted molar refractivity (Wildman–Crippen MR) is 92.4 cm³/mol. The van der Waals surface area contributed by atoms with Crippen LogP contribution < -0.4 is 0 Å². The number of ketones is 2. The molecular formula is C18H22N4O3. The van der Waals surface area contributed by atoms with Gasteiger partial charge in [0.1, 0.15) is 18.2 Å². The topological polar surface area (TPSA) is 87.0 Å². The van der Waals surface area contributed by atoms with Crippen LogP contribution in [0, 0.1) is 12.3 Å². The van der Waals surface area contributed by atoms with Crippen LogP contribution in [0.4, 0.5) is 0 Å². The third kappa shape index (κ3) is 4.17. The fourth-order valence-corrected chi connectivity index (χ4v) is 2.17. The third-order valence-electron chi connectivity index (χ3n) is 3.51. The number of nitrogens with zero attached hydrogens (tertiary/aromatic N) is 4. The van der Waals surface area contributed by atoms with E-state index in [1.165, 1.54) is 23.6 Å². The molecule has 7 nitrogen and oxygen atoms in total. The molecule has 2 heterocycles. The Morgan fingerprint density at radius 1 is 1.28 bits per heavy atom. The van der Waals surface area contributed by atoms with Gasteiger partial charge < -0.3 is 4.74 Å². The number of carbonyl (C=O) groups excluding carboxylic acids is 2. The Kier molecular flexibility index (Phi) is 5.46.